The van der Waals surface area contributed by atoms with Crippen molar-refractivity contribution in [1.82, 2.24) is 0 Å². The number of hydrogen-bond acceptors (Lipinski definition) is 4. The fraction of sp³-hybridized carbons (Fsp3) is 0.462. The van der Waals surface area contributed by atoms with Crippen LogP contribution in [0.15, 0.2) is 24.3 Å². The quantitative estimate of drug-likeness (QED) is 0.720. The van der Waals surface area contributed by atoms with Gasteiger partial charge in [-0.1, -0.05) is 12.1 Å². The van der Waals surface area contributed by atoms with Gasteiger partial charge in [-0.3, -0.25) is 4.79 Å². The van der Waals surface area contributed by atoms with Gasteiger partial charge in [0.25, 0.3) is 0 Å². The van der Waals surface area contributed by atoms with E-state index in [0.717, 1.165) is 5.56 Å². The number of anilines is 1. The number of aliphatic hydroxyl groups is 1. The molecule has 0 saturated heterocycles. The lowest BCUT2D eigenvalue weighted by Gasteiger charge is -2.09. The van der Waals surface area contributed by atoms with E-state index in [9.17, 15) is 9.90 Å². The Morgan fingerprint density at radius 1 is 1.44 bits per heavy atom. The number of carbonyl (C=O) groups is 1. The van der Waals surface area contributed by atoms with Gasteiger partial charge in [0.15, 0.2) is 0 Å². The van der Waals surface area contributed by atoms with Crippen LogP contribution in [0.2, 0.25) is 0 Å². The number of hydrogen-bond donors (Lipinski definition) is 2. The summed E-state index contributed by atoms with van der Waals surface area (Å²) in [6.07, 6.45) is -0.556. The number of nitrogens with one attached hydrogen (secondary N) is 1. The third-order valence-corrected chi connectivity index (χ3v) is 2.32. The zero-order chi connectivity index (χ0) is 13.4. The Labute approximate surface area is 107 Å². The third kappa shape index (κ3) is 5.27. The molecule has 100 valence electrons. The predicted molar refractivity (Wildman–Crippen MR) is 68.4 cm³/mol. The van der Waals surface area contributed by atoms with Crippen molar-refractivity contribution in [2.24, 2.45) is 0 Å². The first-order chi connectivity index (χ1) is 8.63. The number of amides is 1. The van der Waals surface area contributed by atoms with Crippen LogP contribution in [0.25, 0.3) is 0 Å². The maximum absolute atomic E-state index is 11.5. The number of rotatable bonds is 7. The van der Waals surface area contributed by atoms with Gasteiger partial charge in [0.1, 0.15) is 6.61 Å². The van der Waals surface area contributed by atoms with Crippen LogP contribution in [0, 0.1) is 0 Å². The predicted octanol–water partition coefficient (Wildman–Crippen LogP) is 1.34. The fourth-order valence-corrected chi connectivity index (χ4v) is 1.38. The van der Waals surface area contributed by atoms with Crippen molar-refractivity contribution >= 4 is 11.6 Å². The van der Waals surface area contributed by atoms with E-state index >= 15 is 0 Å². The molecular formula is C13H19NO4. The highest BCUT2D eigenvalue weighted by Crippen LogP contribution is 2.16. The average molecular weight is 253 g/mol. The Morgan fingerprint density at radius 3 is 2.89 bits per heavy atom. The highest BCUT2D eigenvalue weighted by Gasteiger charge is 2.05. The molecule has 5 nitrogen and oxygen atoms in total. The first-order valence-corrected chi connectivity index (χ1v) is 5.78. The minimum Gasteiger partial charge on any atom is -0.389 e. The minimum absolute atomic E-state index is 0.0116. The molecule has 0 fully saturated rings. The van der Waals surface area contributed by atoms with Crippen LogP contribution in [0.4, 0.5) is 5.69 Å². The molecule has 18 heavy (non-hydrogen) atoms. The Morgan fingerprint density at radius 2 is 2.22 bits per heavy atom. The van der Waals surface area contributed by atoms with Gasteiger partial charge >= 0.3 is 0 Å². The lowest BCUT2D eigenvalue weighted by Crippen LogP contribution is -2.19. The Kier molecular flexibility index (Phi) is 6.35. The van der Waals surface area contributed by atoms with E-state index in [1.54, 1.807) is 38.3 Å². The minimum atomic E-state index is -0.556. The van der Waals surface area contributed by atoms with Crippen LogP contribution in [0.1, 0.15) is 18.6 Å². The van der Waals surface area contributed by atoms with Crippen LogP contribution in [0.5, 0.6) is 0 Å². The van der Waals surface area contributed by atoms with Gasteiger partial charge in [-0.2, -0.15) is 0 Å². The van der Waals surface area contributed by atoms with Gasteiger partial charge in [-0.15, -0.1) is 0 Å². The summed E-state index contributed by atoms with van der Waals surface area (Å²) in [6, 6.07) is 7.08. The maximum atomic E-state index is 11.5. The second-order valence-corrected chi connectivity index (χ2v) is 3.89. The van der Waals surface area contributed by atoms with Gasteiger partial charge in [0.05, 0.1) is 19.3 Å². The second kappa shape index (κ2) is 7.81. The molecule has 0 radical (unpaired) electrons. The first kappa shape index (κ1) is 14.6. The van der Waals surface area contributed by atoms with E-state index in [-0.39, 0.29) is 12.5 Å². The van der Waals surface area contributed by atoms with E-state index in [1.165, 1.54) is 0 Å². The Hall–Kier alpha value is -1.43. The van der Waals surface area contributed by atoms with E-state index < -0.39 is 6.10 Å². The average Bonchev–Trinajstić information content (AvgIpc) is 2.35. The molecule has 0 aliphatic rings. The van der Waals surface area contributed by atoms with Crippen molar-refractivity contribution in [2.75, 3.05) is 32.2 Å². The summed E-state index contributed by atoms with van der Waals surface area (Å²) in [5.74, 6) is -0.228. The van der Waals surface area contributed by atoms with Crippen molar-refractivity contribution in [3.63, 3.8) is 0 Å². The van der Waals surface area contributed by atoms with Crippen LogP contribution < -0.4 is 5.32 Å². The van der Waals surface area contributed by atoms with Gasteiger partial charge in [0, 0.05) is 12.8 Å². The lowest BCUT2D eigenvalue weighted by atomic mass is 10.1. The summed E-state index contributed by atoms with van der Waals surface area (Å²) >= 11 is 0. The molecule has 1 aromatic carbocycles. The monoisotopic (exact) mass is 253 g/mol. The van der Waals surface area contributed by atoms with E-state index in [1.807, 2.05) is 0 Å². The van der Waals surface area contributed by atoms with Crippen molar-refractivity contribution in [1.29, 1.82) is 0 Å². The van der Waals surface area contributed by atoms with Gasteiger partial charge in [0.2, 0.25) is 5.91 Å². The molecule has 1 amide bonds. The molecule has 0 bridgehead atoms. The molecule has 0 aliphatic heterocycles. The molecule has 0 heterocycles. The van der Waals surface area contributed by atoms with Crippen LogP contribution in [-0.4, -0.2) is 37.9 Å². The maximum Gasteiger partial charge on any atom is 0.250 e. The number of benzene rings is 1. The second-order valence-electron chi connectivity index (χ2n) is 3.89. The molecule has 0 aliphatic carbocycles. The smallest absolute Gasteiger partial charge is 0.250 e. The standard InChI is InChI=1S/C13H19NO4/c1-10(15)11-4-3-5-12(8-11)14-13(16)9-18-7-6-17-2/h3-5,8,10,15H,6-7,9H2,1-2H3,(H,14,16). The molecule has 0 aromatic heterocycles. The number of aliphatic hydroxyl groups excluding tert-OH is 1. The molecule has 1 rings (SSSR count). The van der Waals surface area contributed by atoms with Gasteiger partial charge in [-0.25, -0.2) is 0 Å². The highest BCUT2D eigenvalue weighted by atomic mass is 16.5. The van der Waals surface area contributed by atoms with Crippen LogP contribution >= 0.6 is 0 Å². The molecule has 5 heteroatoms. The molecule has 1 atom stereocenters. The van der Waals surface area contributed by atoms with Crippen molar-refractivity contribution in [3.05, 3.63) is 29.8 Å². The molecule has 0 spiro atoms. The largest absolute Gasteiger partial charge is 0.389 e. The van der Waals surface area contributed by atoms with Crippen molar-refractivity contribution in [3.8, 4) is 0 Å². The summed E-state index contributed by atoms with van der Waals surface area (Å²) in [4.78, 5) is 11.5. The van der Waals surface area contributed by atoms with E-state index in [4.69, 9.17) is 9.47 Å². The van der Waals surface area contributed by atoms with E-state index in [2.05, 4.69) is 5.32 Å². The topological polar surface area (TPSA) is 67.8 Å². The normalized spacial score (nSPS) is 12.2. The Bertz CT molecular complexity index is 379. The Balaban J connectivity index is 2.41. The SMILES string of the molecule is COCCOCC(=O)Nc1cccc(C(C)O)c1. The molecule has 0 saturated carbocycles. The summed E-state index contributed by atoms with van der Waals surface area (Å²) in [7, 11) is 1.57. The zero-order valence-corrected chi connectivity index (χ0v) is 10.7. The number of ether oxygens (including phenoxy) is 2. The van der Waals surface area contributed by atoms with E-state index in [0.29, 0.717) is 18.9 Å². The zero-order valence-electron chi connectivity index (χ0n) is 10.7. The third-order valence-electron chi connectivity index (χ3n) is 2.32. The van der Waals surface area contributed by atoms with Gasteiger partial charge < -0.3 is 19.9 Å². The number of methoxy groups -OCH3 is 1. The first-order valence-electron chi connectivity index (χ1n) is 5.78. The van der Waals surface area contributed by atoms with Crippen molar-refractivity contribution in [2.45, 2.75) is 13.0 Å². The molecule has 1 unspecified atom stereocenters. The summed E-state index contributed by atoms with van der Waals surface area (Å²) in [5.41, 5.74) is 1.40. The fourth-order valence-electron chi connectivity index (χ4n) is 1.38. The summed E-state index contributed by atoms with van der Waals surface area (Å²) in [6.45, 7) is 2.51. The summed E-state index contributed by atoms with van der Waals surface area (Å²) < 4.78 is 9.90. The lowest BCUT2D eigenvalue weighted by molar-refractivity contribution is -0.121. The molecular weight excluding hydrogens is 234 g/mol. The van der Waals surface area contributed by atoms with Crippen LogP contribution in [0.3, 0.4) is 0 Å². The highest BCUT2D eigenvalue weighted by molar-refractivity contribution is 5.91. The number of carbonyl (C=O) groups excluding carboxylic acids is 1. The molecule has 1 aromatic rings. The van der Waals surface area contributed by atoms with Crippen molar-refractivity contribution < 1.29 is 19.4 Å². The van der Waals surface area contributed by atoms with Gasteiger partial charge in [-0.05, 0) is 24.6 Å². The molecule has 2 N–H and O–H groups in total. The van der Waals surface area contributed by atoms with Crippen LogP contribution in [-0.2, 0) is 14.3 Å². The summed E-state index contributed by atoms with van der Waals surface area (Å²) in [5, 5.41) is 12.1.